The minimum absolute atomic E-state index is 0.479. The van der Waals surface area contributed by atoms with Crippen molar-refractivity contribution < 1.29 is 0 Å². The van der Waals surface area contributed by atoms with E-state index in [4.69, 9.17) is 5.73 Å². The lowest BCUT2D eigenvalue weighted by Crippen LogP contribution is -2.12. The van der Waals surface area contributed by atoms with Crippen LogP contribution in [0, 0.1) is 0 Å². The van der Waals surface area contributed by atoms with Crippen molar-refractivity contribution in [2.75, 3.05) is 7.05 Å². The van der Waals surface area contributed by atoms with Crippen LogP contribution in [0.15, 0.2) is 58.3 Å². The Morgan fingerprint density at radius 3 is 2.32 bits per heavy atom. The Bertz CT molecular complexity index is 458. The molecule has 1 heterocycles. The highest BCUT2D eigenvalue weighted by Crippen LogP contribution is 2.24. The second kappa shape index (κ2) is 8.25. The van der Waals surface area contributed by atoms with Gasteiger partial charge in [-0.2, -0.15) is 0 Å². The van der Waals surface area contributed by atoms with Crippen LogP contribution in [0.4, 0.5) is 0 Å². The van der Waals surface area contributed by atoms with Gasteiger partial charge in [-0.15, -0.1) is 0 Å². The first-order valence-electron chi connectivity index (χ1n) is 6.31. The number of nitrogens with zero attached hydrogens (tertiary/aromatic N) is 2. The average Bonchev–Trinajstić information content (AvgIpc) is 2.37. The summed E-state index contributed by atoms with van der Waals surface area (Å²) < 4.78 is 0. The van der Waals surface area contributed by atoms with Gasteiger partial charge in [-0.25, -0.2) is 0 Å². The predicted octanol–water partition coefficient (Wildman–Crippen LogP) is 3.81. The predicted molar refractivity (Wildman–Crippen MR) is 86.7 cm³/mol. The Hall–Kier alpha value is -1.90. The summed E-state index contributed by atoms with van der Waals surface area (Å²) in [4.78, 5) is 8.03. The van der Waals surface area contributed by atoms with Gasteiger partial charge in [-0.3, -0.25) is 9.98 Å². The summed E-state index contributed by atoms with van der Waals surface area (Å²) in [6.07, 6.45) is 3.65. The lowest BCUT2D eigenvalue weighted by molar-refractivity contribution is 1.02. The van der Waals surface area contributed by atoms with Crippen molar-refractivity contribution in [3.63, 3.8) is 0 Å². The van der Waals surface area contributed by atoms with Gasteiger partial charge in [0, 0.05) is 24.9 Å². The minimum atomic E-state index is 0.479. The molecule has 3 heteroatoms. The minimum Gasteiger partial charge on any atom is -0.397 e. The van der Waals surface area contributed by atoms with E-state index >= 15 is 0 Å². The van der Waals surface area contributed by atoms with Gasteiger partial charge in [0.25, 0.3) is 0 Å². The van der Waals surface area contributed by atoms with Crippen molar-refractivity contribution in [1.29, 1.82) is 0 Å². The zero-order chi connectivity index (χ0) is 15.0. The van der Waals surface area contributed by atoms with E-state index in [0.29, 0.717) is 11.4 Å². The van der Waals surface area contributed by atoms with Gasteiger partial charge in [-0.05, 0) is 31.9 Å². The zero-order valence-electron chi connectivity index (χ0n) is 12.6. The summed E-state index contributed by atoms with van der Waals surface area (Å²) in [5.74, 6) is 0. The molecule has 0 atom stereocenters. The zero-order valence-corrected chi connectivity index (χ0v) is 12.6. The summed E-state index contributed by atoms with van der Waals surface area (Å²) in [6, 6.07) is 0. The summed E-state index contributed by atoms with van der Waals surface area (Å²) in [5.41, 5.74) is 11.0. The monoisotopic (exact) mass is 259 g/mol. The molecule has 0 radical (unpaired) electrons. The van der Waals surface area contributed by atoms with Crippen molar-refractivity contribution in [3.8, 4) is 0 Å². The van der Waals surface area contributed by atoms with Crippen molar-refractivity contribution >= 4 is 11.4 Å². The molecule has 0 bridgehead atoms. The fourth-order valence-electron chi connectivity index (χ4n) is 1.30. The van der Waals surface area contributed by atoms with Crippen LogP contribution in [0.2, 0.25) is 0 Å². The van der Waals surface area contributed by atoms with Crippen molar-refractivity contribution in [2.24, 2.45) is 15.7 Å². The van der Waals surface area contributed by atoms with Gasteiger partial charge in [0.05, 0.1) is 11.4 Å². The van der Waals surface area contributed by atoms with Crippen LogP contribution in [0.3, 0.4) is 0 Å². The number of hydrogen-bond acceptors (Lipinski definition) is 3. The summed E-state index contributed by atoms with van der Waals surface area (Å²) in [7, 11) is 1.79. The fourth-order valence-corrected chi connectivity index (χ4v) is 1.30. The number of hydrogen-bond donors (Lipinski definition) is 1. The Labute approximate surface area is 117 Å². The quantitative estimate of drug-likeness (QED) is 0.770. The maximum absolute atomic E-state index is 5.59. The van der Waals surface area contributed by atoms with Crippen LogP contribution in [-0.2, 0) is 0 Å². The highest BCUT2D eigenvalue weighted by Gasteiger charge is 2.11. The van der Waals surface area contributed by atoms with E-state index in [-0.39, 0.29) is 0 Å². The van der Waals surface area contributed by atoms with E-state index in [2.05, 4.69) is 36.6 Å². The van der Waals surface area contributed by atoms with Crippen molar-refractivity contribution in [3.05, 3.63) is 48.4 Å². The molecule has 0 aromatic rings. The lowest BCUT2D eigenvalue weighted by Gasteiger charge is -2.15. The van der Waals surface area contributed by atoms with E-state index in [1.165, 1.54) is 0 Å². The number of dihydropyridines is 1. The van der Waals surface area contributed by atoms with Crippen molar-refractivity contribution in [1.82, 2.24) is 0 Å². The molecule has 0 aliphatic carbocycles. The van der Waals surface area contributed by atoms with E-state index in [0.717, 1.165) is 35.4 Å². The van der Waals surface area contributed by atoms with Crippen LogP contribution in [0.5, 0.6) is 0 Å². The van der Waals surface area contributed by atoms with Crippen LogP contribution in [0.1, 0.15) is 33.6 Å². The molecule has 0 fully saturated rings. The van der Waals surface area contributed by atoms with Gasteiger partial charge in [0.1, 0.15) is 0 Å². The second-order valence-electron chi connectivity index (χ2n) is 4.56. The van der Waals surface area contributed by atoms with Crippen LogP contribution in [-0.4, -0.2) is 18.5 Å². The van der Waals surface area contributed by atoms with Gasteiger partial charge >= 0.3 is 0 Å². The molecule has 0 amide bonds. The first-order chi connectivity index (χ1) is 8.81. The molecular formula is C16H25N3. The van der Waals surface area contributed by atoms with E-state index < -0.39 is 0 Å². The van der Waals surface area contributed by atoms with E-state index in [9.17, 15) is 0 Å². The number of allylic oxidation sites excluding steroid dienone is 3. The van der Waals surface area contributed by atoms with E-state index in [1.54, 1.807) is 7.05 Å². The summed E-state index contributed by atoms with van der Waals surface area (Å²) >= 11 is 0. The van der Waals surface area contributed by atoms with Crippen LogP contribution in [0.25, 0.3) is 0 Å². The SMILES string of the molecule is C=C1CC(C(=C)CC)=CC(C(=C)N)=N1.CN=C(C)C. The van der Waals surface area contributed by atoms with Crippen molar-refractivity contribution in [2.45, 2.75) is 33.6 Å². The number of rotatable bonds is 3. The average molecular weight is 259 g/mol. The molecule has 0 aromatic carbocycles. The first kappa shape index (κ1) is 17.1. The molecule has 0 saturated heterocycles. The number of nitrogens with two attached hydrogens (primary N) is 1. The largest absolute Gasteiger partial charge is 0.397 e. The molecule has 19 heavy (non-hydrogen) atoms. The first-order valence-corrected chi connectivity index (χ1v) is 6.31. The van der Waals surface area contributed by atoms with E-state index in [1.807, 2.05) is 19.9 Å². The van der Waals surface area contributed by atoms with Gasteiger partial charge in [0.2, 0.25) is 0 Å². The van der Waals surface area contributed by atoms with Gasteiger partial charge in [0.15, 0.2) is 0 Å². The second-order valence-corrected chi connectivity index (χ2v) is 4.56. The summed E-state index contributed by atoms with van der Waals surface area (Å²) in [5, 5.41) is 0. The molecule has 0 spiro atoms. The normalized spacial score (nSPS) is 13.6. The standard InChI is InChI=1S/C12H16N2.C4H9N/c1-5-8(2)11-6-9(3)14-12(7-11)10(4)13;1-4(2)5-3/h7H,2-6,13H2,1H3;1-3H3. The van der Waals surface area contributed by atoms with Gasteiger partial charge in [-0.1, -0.05) is 32.2 Å². The Morgan fingerprint density at radius 1 is 1.42 bits per heavy atom. The molecule has 0 unspecified atom stereocenters. The third kappa shape index (κ3) is 6.55. The number of aliphatic imine (C=N–C) groups is 2. The summed E-state index contributed by atoms with van der Waals surface area (Å²) in [6.45, 7) is 17.5. The molecule has 1 aliphatic rings. The Balaban J connectivity index is 0.000000555. The Morgan fingerprint density at radius 2 is 1.95 bits per heavy atom. The molecule has 0 saturated carbocycles. The van der Waals surface area contributed by atoms with Crippen LogP contribution >= 0.6 is 0 Å². The maximum Gasteiger partial charge on any atom is 0.0858 e. The molecule has 0 aromatic heterocycles. The lowest BCUT2D eigenvalue weighted by atomic mass is 9.96. The smallest absolute Gasteiger partial charge is 0.0858 e. The molecular weight excluding hydrogens is 234 g/mol. The van der Waals surface area contributed by atoms with Gasteiger partial charge < -0.3 is 5.73 Å². The molecule has 1 aliphatic heterocycles. The Kier molecular flexibility index (Phi) is 7.42. The topological polar surface area (TPSA) is 50.7 Å². The third-order valence-corrected chi connectivity index (χ3v) is 2.64. The third-order valence-electron chi connectivity index (χ3n) is 2.64. The molecule has 3 nitrogen and oxygen atoms in total. The highest BCUT2D eigenvalue weighted by atomic mass is 14.8. The highest BCUT2D eigenvalue weighted by molar-refractivity contribution is 6.09. The molecule has 104 valence electrons. The fraction of sp³-hybridized carbons (Fsp3) is 0.375. The maximum atomic E-state index is 5.59. The van der Waals surface area contributed by atoms with Crippen LogP contribution < -0.4 is 5.73 Å². The molecule has 1 rings (SSSR count). The molecule has 2 N–H and O–H groups in total.